The van der Waals surface area contributed by atoms with Gasteiger partial charge in [0.2, 0.25) is 6.54 Å². The highest BCUT2D eigenvalue weighted by molar-refractivity contribution is 5.39. The smallest absolute Gasteiger partial charge is 0.216 e. The van der Waals surface area contributed by atoms with E-state index >= 15 is 0 Å². The van der Waals surface area contributed by atoms with Crippen LogP contribution in [0.5, 0.6) is 0 Å². The summed E-state index contributed by atoms with van der Waals surface area (Å²) in [6.07, 6.45) is 1.94. The van der Waals surface area contributed by atoms with Crippen molar-refractivity contribution in [3.05, 3.63) is 100 Å². The van der Waals surface area contributed by atoms with Crippen molar-refractivity contribution in [2.75, 3.05) is 6.54 Å². The van der Waals surface area contributed by atoms with Crippen molar-refractivity contribution in [3.8, 4) is 5.69 Å². The second-order valence-corrected chi connectivity index (χ2v) is 5.12. The summed E-state index contributed by atoms with van der Waals surface area (Å²) < 4.78 is 2.02. The van der Waals surface area contributed by atoms with Crippen molar-refractivity contribution >= 4 is 0 Å². The van der Waals surface area contributed by atoms with E-state index in [2.05, 4.69) is 0 Å². The number of hydrogen-bond acceptors (Lipinski definition) is 2. The van der Waals surface area contributed by atoms with Gasteiger partial charge in [0.05, 0.1) is 5.92 Å². The summed E-state index contributed by atoms with van der Waals surface area (Å²) >= 11 is 0. The van der Waals surface area contributed by atoms with Crippen LogP contribution in [0.15, 0.2) is 79.0 Å². The third-order valence-corrected chi connectivity index (χ3v) is 3.71. The number of benzene rings is 2. The van der Waals surface area contributed by atoms with Crippen LogP contribution in [0.1, 0.15) is 17.2 Å². The Hall–Kier alpha value is -2.88. The molecule has 0 saturated carbocycles. The first kappa shape index (κ1) is 14.1. The normalized spacial score (nSPS) is 12.0. The molecule has 3 aromatic rings. The van der Waals surface area contributed by atoms with Gasteiger partial charge in [-0.25, -0.2) is 0 Å². The van der Waals surface area contributed by atoms with E-state index in [4.69, 9.17) is 0 Å². The summed E-state index contributed by atoms with van der Waals surface area (Å²) in [6, 6.07) is 23.4. The van der Waals surface area contributed by atoms with Crippen LogP contribution < -0.4 is 0 Å². The van der Waals surface area contributed by atoms with Crippen LogP contribution in [0.25, 0.3) is 5.69 Å². The first-order chi connectivity index (χ1) is 10.8. The molecule has 0 spiro atoms. The van der Waals surface area contributed by atoms with Gasteiger partial charge in [0.1, 0.15) is 0 Å². The monoisotopic (exact) mass is 292 g/mol. The lowest BCUT2D eigenvalue weighted by molar-refractivity contribution is -0.482. The van der Waals surface area contributed by atoms with Crippen molar-refractivity contribution < 1.29 is 4.92 Å². The minimum atomic E-state index is -0.272. The summed E-state index contributed by atoms with van der Waals surface area (Å²) in [5.41, 5.74) is 2.89. The van der Waals surface area contributed by atoms with E-state index in [-0.39, 0.29) is 17.4 Å². The number of aromatic nitrogens is 1. The molecule has 0 saturated heterocycles. The second-order valence-electron chi connectivity index (χ2n) is 5.12. The van der Waals surface area contributed by atoms with Crippen molar-refractivity contribution in [1.29, 1.82) is 0 Å². The molecule has 0 fully saturated rings. The second kappa shape index (κ2) is 6.26. The fourth-order valence-electron chi connectivity index (χ4n) is 2.71. The van der Waals surface area contributed by atoms with Gasteiger partial charge < -0.3 is 4.57 Å². The first-order valence-corrected chi connectivity index (χ1v) is 7.15. The Morgan fingerprint density at radius 1 is 0.909 bits per heavy atom. The Morgan fingerprint density at radius 3 is 2.18 bits per heavy atom. The zero-order chi connectivity index (χ0) is 15.4. The Kier molecular flexibility index (Phi) is 4.01. The minimum Gasteiger partial charge on any atom is -0.320 e. The van der Waals surface area contributed by atoms with Crippen LogP contribution in [-0.4, -0.2) is 16.0 Å². The van der Waals surface area contributed by atoms with Crippen LogP contribution in [0, 0.1) is 10.1 Å². The average molecular weight is 292 g/mol. The van der Waals surface area contributed by atoms with Gasteiger partial charge in [0.15, 0.2) is 0 Å². The van der Waals surface area contributed by atoms with E-state index in [1.807, 2.05) is 83.6 Å². The predicted molar refractivity (Wildman–Crippen MR) is 85.9 cm³/mol. The third-order valence-electron chi connectivity index (χ3n) is 3.71. The molecular formula is C18H16N2O2. The maximum Gasteiger partial charge on any atom is 0.216 e. The average Bonchev–Trinajstić information content (AvgIpc) is 3.03. The Morgan fingerprint density at radius 2 is 1.55 bits per heavy atom. The molecule has 1 heterocycles. The fourth-order valence-corrected chi connectivity index (χ4v) is 2.71. The Labute approximate surface area is 128 Å². The number of para-hydroxylation sites is 1. The van der Waals surface area contributed by atoms with Crippen molar-refractivity contribution in [3.63, 3.8) is 0 Å². The zero-order valence-electron chi connectivity index (χ0n) is 12.0. The van der Waals surface area contributed by atoms with Crippen LogP contribution in [0.4, 0.5) is 0 Å². The number of hydrogen-bond donors (Lipinski definition) is 0. The summed E-state index contributed by atoms with van der Waals surface area (Å²) in [7, 11) is 0. The molecule has 1 atom stereocenters. The molecule has 22 heavy (non-hydrogen) atoms. The lowest BCUT2D eigenvalue weighted by atomic mass is 9.95. The van der Waals surface area contributed by atoms with E-state index in [1.54, 1.807) is 0 Å². The third kappa shape index (κ3) is 2.91. The fraction of sp³-hybridized carbons (Fsp3) is 0.111. The first-order valence-electron chi connectivity index (χ1n) is 7.15. The molecule has 0 bridgehead atoms. The maximum absolute atomic E-state index is 11.1. The molecule has 3 rings (SSSR count). The standard InChI is InChI=1S/C18H16N2O2/c21-20(22)14-17(15-8-3-1-4-9-15)18-12-7-13-19(18)16-10-5-2-6-11-16/h1-13,17H,14H2. The van der Waals surface area contributed by atoms with Gasteiger partial charge in [-0.05, 0) is 29.8 Å². The van der Waals surface area contributed by atoms with Gasteiger partial charge in [-0.1, -0.05) is 48.5 Å². The number of rotatable bonds is 5. The largest absolute Gasteiger partial charge is 0.320 e. The lowest BCUT2D eigenvalue weighted by Crippen LogP contribution is -2.16. The Bertz CT molecular complexity index is 751. The van der Waals surface area contributed by atoms with Gasteiger partial charge in [0, 0.05) is 22.5 Å². The molecule has 0 amide bonds. The molecule has 0 aliphatic carbocycles. The molecule has 1 aromatic heterocycles. The summed E-state index contributed by atoms with van der Waals surface area (Å²) in [6.45, 7) is -0.124. The molecule has 0 radical (unpaired) electrons. The maximum atomic E-state index is 11.1. The summed E-state index contributed by atoms with van der Waals surface area (Å²) in [4.78, 5) is 10.9. The molecule has 2 aromatic carbocycles. The minimum absolute atomic E-state index is 0.124. The van der Waals surface area contributed by atoms with Gasteiger partial charge in [0.25, 0.3) is 0 Å². The number of nitro groups is 1. The van der Waals surface area contributed by atoms with E-state index in [1.165, 1.54) is 0 Å². The van der Waals surface area contributed by atoms with Gasteiger partial charge in [-0.15, -0.1) is 0 Å². The van der Waals surface area contributed by atoms with E-state index < -0.39 is 0 Å². The zero-order valence-corrected chi connectivity index (χ0v) is 12.0. The lowest BCUT2D eigenvalue weighted by Gasteiger charge is -2.17. The van der Waals surface area contributed by atoms with Crippen LogP contribution in [0.2, 0.25) is 0 Å². The van der Waals surface area contributed by atoms with E-state index in [0.717, 1.165) is 16.9 Å². The SMILES string of the molecule is O=[N+]([O-])CC(c1ccccc1)c1cccn1-c1ccccc1. The molecule has 0 N–H and O–H groups in total. The molecule has 4 heteroatoms. The van der Waals surface area contributed by atoms with Gasteiger partial charge in [-0.3, -0.25) is 10.1 Å². The molecule has 0 aliphatic rings. The molecule has 1 unspecified atom stereocenters. The van der Waals surface area contributed by atoms with Gasteiger partial charge in [-0.2, -0.15) is 0 Å². The molecule has 4 nitrogen and oxygen atoms in total. The quantitative estimate of drug-likeness (QED) is 0.529. The molecule has 110 valence electrons. The summed E-state index contributed by atoms with van der Waals surface area (Å²) in [5, 5.41) is 11.1. The Balaban J connectivity index is 2.06. The van der Waals surface area contributed by atoms with Crippen LogP contribution in [-0.2, 0) is 0 Å². The molecule has 0 aliphatic heterocycles. The predicted octanol–water partition coefficient (Wildman–Crippen LogP) is 3.89. The van der Waals surface area contributed by atoms with Crippen molar-refractivity contribution in [2.45, 2.75) is 5.92 Å². The summed E-state index contributed by atoms with van der Waals surface area (Å²) in [5.74, 6) is -0.272. The van der Waals surface area contributed by atoms with Crippen LogP contribution >= 0.6 is 0 Å². The van der Waals surface area contributed by atoms with Crippen LogP contribution in [0.3, 0.4) is 0 Å². The number of nitrogens with zero attached hydrogens (tertiary/aromatic N) is 2. The van der Waals surface area contributed by atoms with E-state index in [0.29, 0.717) is 0 Å². The van der Waals surface area contributed by atoms with Crippen molar-refractivity contribution in [1.82, 2.24) is 4.57 Å². The highest BCUT2D eigenvalue weighted by Crippen LogP contribution is 2.27. The van der Waals surface area contributed by atoms with Gasteiger partial charge >= 0.3 is 0 Å². The van der Waals surface area contributed by atoms with Crippen molar-refractivity contribution in [2.24, 2.45) is 0 Å². The topological polar surface area (TPSA) is 48.1 Å². The molecular weight excluding hydrogens is 276 g/mol. The van der Waals surface area contributed by atoms with E-state index in [9.17, 15) is 10.1 Å². The highest BCUT2D eigenvalue weighted by atomic mass is 16.6. The highest BCUT2D eigenvalue weighted by Gasteiger charge is 2.23.